The third-order valence-electron chi connectivity index (χ3n) is 6.77. The largest absolute Gasteiger partial charge is 0.496 e. The maximum absolute atomic E-state index is 13.4. The molecule has 0 spiro atoms. The highest BCUT2D eigenvalue weighted by molar-refractivity contribution is 7.16. The molecule has 36 heavy (non-hydrogen) atoms. The zero-order valence-electron chi connectivity index (χ0n) is 21.8. The van der Waals surface area contributed by atoms with E-state index in [9.17, 15) is 4.79 Å². The third-order valence-corrected chi connectivity index (χ3v) is 7.93. The maximum atomic E-state index is 13.4. The maximum Gasteiger partial charge on any atom is 0.255 e. The second-order valence-corrected chi connectivity index (χ2v) is 11.0. The molecule has 0 saturated carbocycles. The van der Waals surface area contributed by atoms with Crippen molar-refractivity contribution in [3.8, 4) is 17.2 Å². The summed E-state index contributed by atoms with van der Waals surface area (Å²) in [6.45, 7) is 7.18. The lowest BCUT2D eigenvalue weighted by molar-refractivity contribution is 0.0947. The number of thiophene rings is 1. The lowest BCUT2D eigenvalue weighted by Crippen LogP contribution is -2.28. The summed E-state index contributed by atoms with van der Waals surface area (Å²) >= 11 is 1.60. The Kier molecular flexibility index (Phi) is 7.73. The number of rotatable bonds is 8. The minimum atomic E-state index is -0.140. The number of nitrogens with one attached hydrogen (secondary N) is 1. The van der Waals surface area contributed by atoms with Crippen LogP contribution >= 0.6 is 11.3 Å². The molecule has 0 radical (unpaired) electrons. The van der Waals surface area contributed by atoms with Gasteiger partial charge in [0.05, 0.1) is 45.3 Å². The summed E-state index contributed by atoms with van der Waals surface area (Å²) in [4.78, 5) is 19.5. The Morgan fingerprint density at radius 1 is 1.19 bits per heavy atom. The van der Waals surface area contributed by atoms with Crippen molar-refractivity contribution in [3.63, 3.8) is 0 Å². The summed E-state index contributed by atoms with van der Waals surface area (Å²) in [6, 6.07) is 7.23. The molecule has 1 N–H and O–H groups in total. The van der Waals surface area contributed by atoms with Crippen molar-refractivity contribution >= 4 is 28.5 Å². The molecule has 0 fully saturated rings. The van der Waals surface area contributed by atoms with Crippen LogP contribution in [0.1, 0.15) is 59.3 Å². The molecule has 8 heteroatoms. The van der Waals surface area contributed by atoms with Crippen molar-refractivity contribution in [2.45, 2.75) is 46.6 Å². The summed E-state index contributed by atoms with van der Waals surface area (Å²) in [7, 11) is 4.78. The molecule has 0 aliphatic heterocycles. The van der Waals surface area contributed by atoms with Crippen molar-refractivity contribution in [1.82, 2.24) is 5.32 Å². The molecular weight excluding hydrogens is 476 g/mol. The van der Waals surface area contributed by atoms with Gasteiger partial charge in [0.1, 0.15) is 28.0 Å². The number of nitrogens with zero attached hydrogens (tertiary/aromatic N) is 1. The Bertz CT molecular complexity index is 1210. The lowest BCUT2D eigenvalue weighted by atomic mass is 9.72. The number of amides is 1. The van der Waals surface area contributed by atoms with Crippen molar-refractivity contribution < 1.29 is 23.4 Å². The molecule has 1 aliphatic rings. The summed E-state index contributed by atoms with van der Waals surface area (Å²) in [5.41, 5.74) is 2.65. The van der Waals surface area contributed by atoms with Crippen LogP contribution in [0.2, 0.25) is 0 Å². The van der Waals surface area contributed by atoms with Crippen LogP contribution in [0.25, 0.3) is 0 Å². The van der Waals surface area contributed by atoms with E-state index in [1.165, 1.54) is 4.88 Å². The average molecular weight is 511 g/mol. The SMILES string of the molecule is COc1cc(OC)c(C=Nc2sc3c(c2C(=O)NCc2ccco2)CC[C@H](C(C)(C)C)C3)c(OC)c1. The number of ether oxygens (including phenoxy) is 3. The van der Waals surface area contributed by atoms with Gasteiger partial charge in [-0.2, -0.15) is 0 Å². The molecule has 1 amide bonds. The predicted octanol–water partition coefficient (Wildman–Crippen LogP) is 6.20. The van der Waals surface area contributed by atoms with Crippen molar-refractivity contribution in [3.05, 3.63) is 57.9 Å². The van der Waals surface area contributed by atoms with E-state index < -0.39 is 0 Å². The van der Waals surface area contributed by atoms with Gasteiger partial charge in [0.15, 0.2) is 0 Å². The molecule has 1 aliphatic carbocycles. The molecule has 0 unspecified atom stereocenters. The fourth-order valence-corrected chi connectivity index (χ4v) is 5.86. The molecule has 7 nitrogen and oxygen atoms in total. The minimum Gasteiger partial charge on any atom is -0.496 e. The van der Waals surface area contributed by atoms with Crippen LogP contribution in [0, 0.1) is 11.3 Å². The fraction of sp³-hybridized carbons (Fsp3) is 0.429. The Labute approximate surface area is 216 Å². The smallest absolute Gasteiger partial charge is 0.255 e. The van der Waals surface area contributed by atoms with Gasteiger partial charge in [-0.05, 0) is 48.3 Å². The van der Waals surface area contributed by atoms with Gasteiger partial charge in [-0.3, -0.25) is 4.79 Å². The highest BCUT2D eigenvalue weighted by atomic mass is 32.1. The Balaban J connectivity index is 1.72. The number of aliphatic imine (C=N–C) groups is 1. The molecule has 0 saturated heterocycles. The first kappa shape index (κ1) is 25.8. The van der Waals surface area contributed by atoms with Crippen molar-refractivity contribution in [1.29, 1.82) is 0 Å². The molecule has 2 heterocycles. The van der Waals surface area contributed by atoms with E-state index in [4.69, 9.17) is 23.6 Å². The second kappa shape index (κ2) is 10.8. The van der Waals surface area contributed by atoms with Crippen LogP contribution in [0.15, 0.2) is 39.9 Å². The van der Waals surface area contributed by atoms with E-state index in [1.807, 2.05) is 12.1 Å². The molecule has 192 valence electrons. The summed E-state index contributed by atoms with van der Waals surface area (Å²) in [6.07, 6.45) is 6.18. The van der Waals surface area contributed by atoms with Gasteiger partial charge in [0, 0.05) is 23.2 Å². The first-order chi connectivity index (χ1) is 17.2. The number of furan rings is 1. The predicted molar refractivity (Wildman–Crippen MR) is 143 cm³/mol. The number of carbonyl (C=O) groups is 1. The normalized spacial score (nSPS) is 15.6. The Morgan fingerprint density at radius 2 is 1.92 bits per heavy atom. The number of hydrogen-bond donors (Lipinski definition) is 1. The van der Waals surface area contributed by atoms with Gasteiger partial charge in [-0.1, -0.05) is 20.8 Å². The monoisotopic (exact) mass is 510 g/mol. The zero-order chi connectivity index (χ0) is 25.9. The second-order valence-electron chi connectivity index (χ2n) is 9.96. The van der Waals surface area contributed by atoms with E-state index >= 15 is 0 Å². The molecule has 1 atom stereocenters. The Hall–Kier alpha value is -3.26. The van der Waals surface area contributed by atoms with Crippen LogP contribution in [0.5, 0.6) is 17.2 Å². The summed E-state index contributed by atoms with van der Waals surface area (Å²) in [5, 5.41) is 3.70. The molecule has 3 aromatic rings. The Morgan fingerprint density at radius 3 is 2.50 bits per heavy atom. The highest BCUT2D eigenvalue weighted by Crippen LogP contribution is 2.45. The molecule has 4 rings (SSSR count). The average Bonchev–Trinajstić information content (AvgIpc) is 3.52. The van der Waals surface area contributed by atoms with E-state index in [0.717, 1.165) is 24.8 Å². The van der Waals surface area contributed by atoms with E-state index in [-0.39, 0.29) is 11.3 Å². The number of hydrogen-bond acceptors (Lipinski definition) is 7. The van der Waals surface area contributed by atoms with E-state index in [0.29, 0.717) is 51.6 Å². The van der Waals surface area contributed by atoms with Gasteiger partial charge >= 0.3 is 0 Å². The molecular formula is C28H34N2O5S. The highest BCUT2D eigenvalue weighted by Gasteiger charge is 2.33. The van der Waals surface area contributed by atoms with Gasteiger partial charge < -0.3 is 23.9 Å². The molecule has 2 aromatic heterocycles. The van der Waals surface area contributed by atoms with Gasteiger partial charge in [0.2, 0.25) is 0 Å². The first-order valence-corrected chi connectivity index (χ1v) is 12.9. The number of carbonyl (C=O) groups excluding carboxylic acids is 1. The van der Waals surface area contributed by atoms with Crippen LogP contribution in [0.3, 0.4) is 0 Å². The van der Waals surface area contributed by atoms with Crippen LogP contribution < -0.4 is 19.5 Å². The first-order valence-electron chi connectivity index (χ1n) is 12.0. The quantitative estimate of drug-likeness (QED) is 0.365. The summed E-state index contributed by atoms with van der Waals surface area (Å²) in [5.74, 6) is 2.90. The zero-order valence-corrected chi connectivity index (χ0v) is 22.6. The van der Waals surface area contributed by atoms with E-state index in [1.54, 1.807) is 57.3 Å². The van der Waals surface area contributed by atoms with Crippen LogP contribution in [0.4, 0.5) is 5.00 Å². The van der Waals surface area contributed by atoms with Gasteiger partial charge in [0.25, 0.3) is 5.91 Å². The fourth-order valence-electron chi connectivity index (χ4n) is 4.59. The topological polar surface area (TPSA) is 82.3 Å². The van der Waals surface area contributed by atoms with Crippen LogP contribution in [-0.4, -0.2) is 33.5 Å². The standard InChI is InChI=1S/C28H34N2O5S/c1-28(2,3)17-9-10-20-24(12-17)36-27(25(20)26(31)29-15-18-8-7-11-35-18)30-16-21-22(33-5)13-19(32-4)14-23(21)34-6/h7-8,11,13-14,16-17H,9-10,12,15H2,1-6H3,(H,29,31)/t17-/m0/s1. The lowest BCUT2D eigenvalue weighted by Gasteiger charge is -2.33. The molecule has 1 aromatic carbocycles. The molecule has 0 bridgehead atoms. The third kappa shape index (κ3) is 5.43. The van der Waals surface area contributed by atoms with Gasteiger partial charge in [-0.15, -0.1) is 11.3 Å². The number of methoxy groups -OCH3 is 3. The van der Waals surface area contributed by atoms with Crippen molar-refractivity contribution in [2.24, 2.45) is 16.3 Å². The van der Waals surface area contributed by atoms with Gasteiger partial charge in [-0.25, -0.2) is 4.99 Å². The number of fused-ring (bicyclic) bond motifs is 1. The minimum absolute atomic E-state index is 0.140. The summed E-state index contributed by atoms with van der Waals surface area (Å²) < 4.78 is 21.9. The van der Waals surface area contributed by atoms with E-state index in [2.05, 4.69) is 26.1 Å². The number of benzene rings is 1. The van der Waals surface area contributed by atoms with Crippen LogP contribution in [-0.2, 0) is 19.4 Å². The van der Waals surface area contributed by atoms with Crippen molar-refractivity contribution in [2.75, 3.05) is 21.3 Å².